The number of hydrogen-bond acceptors (Lipinski definition) is 2. The number of benzene rings is 2. The van der Waals surface area contributed by atoms with E-state index in [0.717, 1.165) is 12.8 Å². The second-order valence-electron chi connectivity index (χ2n) is 8.72. The van der Waals surface area contributed by atoms with Gasteiger partial charge >= 0.3 is 0 Å². The predicted octanol–water partition coefficient (Wildman–Crippen LogP) is 3.65. The van der Waals surface area contributed by atoms with Crippen LogP contribution in [0, 0.1) is 29.1 Å². The summed E-state index contributed by atoms with van der Waals surface area (Å²) in [5.74, 6) is 1.48. The second-order valence-corrected chi connectivity index (χ2v) is 10.8. The maximum absolute atomic E-state index is 9.14. The molecule has 2 aromatic rings. The second kappa shape index (κ2) is 6.68. The summed E-state index contributed by atoms with van der Waals surface area (Å²) in [6.07, 6.45) is 2.43. The van der Waals surface area contributed by atoms with Gasteiger partial charge in [-0.15, -0.1) is 0 Å². The Bertz CT molecular complexity index is 791. The molecule has 2 aromatic carbocycles. The van der Waals surface area contributed by atoms with E-state index in [1.165, 1.54) is 15.9 Å². The molecule has 1 radical (unpaired) electrons. The summed E-state index contributed by atoms with van der Waals surface area (Å²) in [7, 11) is -1.25. The molecule has 2 fully saturated rings. The first-order valence-corrected chi connectivity index (χ1v) is 11.0. The standard InChI is InChI=1S/C23H26NOSi/c1-23(2,3)16-9-11-19(12-10-16)26(18-7-5-4-6-8-18)25-17-13-20-21(14-17)22(20)15-24/h4-12,17,20-22H,13-14H2,1-3H3. The molecule has 133 valence electrons. The highest BCUT2D eigenvalue weighted by Crippen LogP contribution is 2.57. The van der Waals surface area contributed by atoms with Gasteiger partial charge in [0, 0.05) is 6.10 Å². The van der Waals surface area contributed by atoms with Crippen molar-refractivity contribution in [1.29, 1.82) is 5.26 Å². The van der Waals surface area contributed by atoms with E-state index in [1.54, 1.807) is 0 Å². The smallest absolute Gasteiger partial charge is 0.283 e. The maximum atomic E-state index is 9.14. The molecule has 2 nitrogen and oxygen atoms in total. The molecular formula is C23H26NOSi. The van der Waals surface area contributed by atoms with Crippen LogP contribution in [0.25, 0.3) is 0 Å². The molecule has 0 N–H and O–H groups in total. The molecule has 2 aliphatic carbocycles. The average molecular weight is 361 g/mol. The van der Waals surface area contributed by atoms with Crippen LogP contribution in [0.5, 0.6) is 0 Å². The van der Waals surface area contributed by atoms with Crippen LogP contribution in [0.3, 0.4) is 0 Å². The molecule has 2 unspecified atom stereocenters. The highest BCUT2D eigenvalue weighted by molar-refractivity contribution is 6.80. The van der Waals surface area contributed by atoms with Crippen molar-refractivity contribution in [2.24, 2.45) is 17.8 Å². The van der Waals surface area contributed by atoms with E-state index in [-0.39, 0.29) is 5.41 Å². The SMILES string of the molecule is CC(C)(C)c1ccc([Si](OC2CC3C(C#N)C3C2)c2ccccc2)cc1. The molecule has 0 bridgehead atoms. The first kappa shape index (κ1) is 17.5. The van der Waals surface area contributed by atoms with Gasteiger partial charge in [-0.2, -0.15) is 5.26 Å². The van der Waals surface area contributed by atoms with Crippen molar-refractivity contribution in [1.82, 2.24) is 0 Å². The Labute approximate surface area is 158 Å². The maximum Gasteiger partial charge on any atom is 0.283 e. The van der Waals surface area contributed by atoms with Crippen LogP contribution in [0.1, 0.15) is 39.2 Å². The first-order chi connectivity index (χ1) is 12.5. The minimum absolute atomic E-state index is 0.165. The van der Waals surface area contributed by atoms with E-state index >= 15 is 0 Å². The van der Waals surface area contributed by atoms with Gasteiger partial charge in [0.25, 0.3) is 9.04 Å². The van der Waals surface area contributed by atoms with Crippen LogP contribution < -0.4 is 10.4 Å². The lowest BCUT2D eigenvalue weighted by Gasteiger charge is -2.24. The summed E-state index contributed by atoms with van der Waals surface area (Å²) in [6, 6.07) is 22.1. The van der Waals surface area contributed by atoms with Gasteiger partial charge < -0.3 is 4.43 Å². The molecule has 0 heterocycles. The van der Waals surface area contributed by atoms with Crippen LogP contribution in [0.2, 0.25) is 0 Å². The van der Waals surface area contributed by atoms with Crippen molar-refractivity contribution in [2.75, 3.05) is 0 Å². The van der Waals surface area contributed by atoms with Gasteiger partial charge in [0.15, 0.2) is 0 Å². The van der Waals surface area contributed by atoms with Gasteiger partial charge in [-0.1, -0.05) is 75.4 Å². The number of fused-ring (bicyclic) bond motifs is 1. The molecule has 0 spiro atoms. The topological polar surface area (TPSA) is 33.0 Å². The lowest BCUT2D eigenvalue weighted by molar-refractivity contribution is 0.198. The van der Waals surface area contributed by atoms with E-state index < -0.39 is 9.04 Å². The third-order valence-corrected chi connectivity index (χ3v) is 8.17. The predicted molar refractivity (Wildman–Crippen MR) is 107 cm³/mol. The van der Waals surface area contributed by atoms with Crippen LogP contribution >= 0.6 is 0 Å². The molecular weight excluding hydrogens is 334 g/mol. The minimum atomic E-state index is -1.25. The molecule has 2 saturated carbocycles. The normalized spacial score (nSPS) is 27.2. The van der Waals surface area contributed by atoms with Crippen molar-refractivity contribution >= 4 is 19.4 Å². The Morgan fingerprint density at radius 1 is 0.923 bits per heavy atom. The summed E-state index contributed by atoms with van der Waals surface area (Å²) < 4.78 is 6.70. The first-order valence-electron chi connectivity index (χ1n) is 9.57. The van der Waals surface area contributed by atoms with Gasteiger partial charge in [0.2, 0.25) is 0 Å². The molecule has 2 aliphatic rings. The summed E-state index contributed by atoms with van der Waals surface area (Å²) in [5, 5.41) is 11.8. The zero-order valence-electron chi connectivity index (χ0n) is 15.8. The number of rotatable bonds is 4. The lowest BCUT2D eigenvalue weighted by Crippen LogP contribution is -2.47. The van der Waals surface area contributed by atoms with Crippen molar-refractivity contribution in [3.63, 3.8) is 0 Å². The summed E-state index contributed by atoms with van der Waals surface area (Å²) >= 11 is 0. The Hall–Kier alpha value is -1.89. The molecule has 4 rings (SSSR count). The van der Waals surface area contributed by atoms with Gasteiger partial charge in [0.1, 0.15) is 0 Å². The van der Waals surface area contributed by atoms with Crippen molar-refractivity contribution < 1.29 is 4.43 Å². The Morgan fingerprint density at radius 2 is 1.50 bits per heavy atom. The Balaban J connectivity index is 1.55. The molecule has 0 aromatic heterocycles. The van der Waals surface area contributed by atoms with Crippen molar-refractivity contribution in [3.8, 4) is 6.07 Å². The highest BCUT2D eigenvalue weighted by atomic mass is 28.3. The molecule has 0 amide bonds. The van der Waals surface area contributed by atoms with Gasteiger partial charge in [-0.3, -0.25) is 0 Å². The summed E-state index contributed by atoms with van der Waals surface area (Å²) in [4.78, 5) is 0. The Kier molecular flexibility index (Phi) is 4.50. The van der Waals surface area contributed by atoms with Crippen LogP contribution in [0.4, 0.5) is 0 Å². The van der Waals surface area contributed by atoms with E-state index in [0.29, 0.717) is 23.9 Å². The number of hydrogen-bond donors (Lipinski definition) is 0. The van der Waals surface area contributed by atoms with Gasteiger partial charge in [-0.25, -0.2) is 0 Å². The summed E-state index contributed by atoms with van der Waals surface area (Å²) in [5.41, 5.74) is 1.52. The monoisotopic (exact) mass is 360 g/mol. The zero-order chi connectivity index (χ0) is 18.3. The fourth-order valence-corrected chi connectivity index (χ4v) is 6.36. The quantitative estimate of drug-likeness (QED) is 0.780. The number of nitrogens with zero attached hydrogens (tertiary/aromatic N) is 1. The van der Waals surface area contributed by atoms with Gasteiger partial charge in [0.05, 0.1) is 12.0 Å². The van der Waals surface area contributed by atoms with E-state index in [9.17, 15) is 0 Å². The van der Waals surface area contributed by atoms with E-state index in [4.69, 9.17) is 9.69 Å². The fraction of sp³-hybridized carbons (Fsp3) is 0.435. The fourth-order valence-electron chi connectivity index (χ4n) is 4.26. The minimum Gasteiger partial charge on any atom is -0.404 e. The largest absolute Gasteiger partial charge is 0.404 e. The van der Waals surface area contributed by atoms with E-state index in [2.05, 4.69) is 81.4 Å². The third kappa shape index (κ3) is 3.36. The molecule has 0 aliphatic heterocycles. The van der Waals surface area contributed by atoms with Gasteiger partial charge in [-0.05, 0) is 46.0 Å². The molecule has 3 heteroatoms. The lowest BCUT2D eigenvalue weighted by atomic mass is 9.87. The molecule has 26 heavy (non-hydrogen) atoms. The Morgan fingerprint density at radius 3 is 2.04 bits per heavy atom. The van der Waals surface area contributed by atoms with E-state index in [1.807, 2.05) is 0 Å². The van der Waals surface area contributed by atoms with Crippen molar-refractivity contribution in [2.45, 2.75) is 45.1 Å². The van der Waals surface area contributed by atoms with Crippen LogP contribution in [-0.4, -0.2) is 15.1 Å². The summed E-state index contributed by atoms with van der Waals surface area (Å²) in [6.45, 7) is 6.74. The average Bonchev–Trinajstić information content (AvgIpc) is 3.12. The number of nitriles is 1. The molecule has 2 atom stereocenters. The van der Waals surface area contributed by atoms with Crippen LogP contribution in [0.15, 0.2) is 54.6 Å². The highest BCUT2D eigenvalue weighted by Gasteiger charge is 2.57. The van der Waals surface area contributed by atoms with Crippen molar-refractivity contribution in [3.05, 3.63) is 60.2 Å². The van der Waals surface area contributed by atoms with Crippen LogP contribution in [-0.2, 0) is 9.84 Å². The molecule has 0 saturated heterocycles. The zero-order valence-corrected chi connectivity index (χ0v) is 16.8. The third-order valence-electron chi connectivity index (χ3n) is 5.88.